The van der Waals surface area contributed by atoms with Crippen LogP contribution in [0.5, 0.6) is 0 Å². The summed E-state index contributed by atoms with van der Waals surface area (Å²) in [5, 5.41) is 14.3. The number of ketones is 2. The minimum Gasteiger partial charge on any atom is -0.390 e. The number of likely N-dealkylation sites (tertiary alicyclic amines) is 1. The maximum absolute atomic E-state index is 14.3. The molecule has 0 unspecified atom stereocenters. The molecule has 43 heavy (non-hydrogen) atoms. The van der Waals surface area contributed by atoms with Gasteiger partial charge >= 0.3 is 0 Å². The lowest BCUT2D eigenvalue weighted by Gasteiger charge is -2.55. The second kappa shape index (κ2) is 12.0. The van der Waals surface area contributed by atoms with Gasteiger partial charge in [-0.3, -0.25) is 19.5 Å². The maximum atomic E-state index is 14.3. The predicted octanol–water partition coefficient (Wildman–Crippen LogP) is 6.47. The van der Waals surface area contributed by atoms with Crippen LogP contribution in [-0.2, 0) is 16.6 Å². The van der Waals surface area contributed by atoms with E-state index in [0.717, 1.165) is 55.5 Å². The summed E-state index contributed by atoms with van der Waals surface area (Å²) in [6.07, 6.45) is 6.48. The van der Waals surface area contributed by atoms with Gasteiger partial charge in [-0.05, 0) is 74.3 Å². The smallest absolute Gasteiger partial charge is 0.185 e. The number of carbonyl (C=O) groups is 2. The van der Waals surface area contributed by atoms with E-state index in [-0.39, 0.29) is 41.4 Å². The molecule has 1 aliphatic carbocycles. The number of Topliss-reactive ketones (excluding diaryl/α,β-unsaturated/α-hetero) is 2. The Morgan fingerprint density at radius 1 is 1.09 bits per heavy atom. The van der Waals surface area contributed by atoms with E-state index in [1.807, 2.05) is 13.0 Å². The third-order valence-corrected chi connectivity index (χ3v) is 9.33. The molecule has 1 saturated carbocycles. The zero-order valence-corrected chi connectivity index (χ0v) is 25.5. The van der Waals surface area contributed by atoms with Crippen LogP contribution in [0.3, 0.4) is 0 Å². The number of hydrogen-bond acceptors (Lipinski definition) is 7. The summed E-state index contributed by atoms with van der Waals surface area (Å²) in [7, 11) is 0. The van der Waals surface area contributed by atoms with Gasteiger partial charge in [0, 0.05) is 67.8 Å². The topological polar surface area (TPSA) is 96.5 Å². The van der Waals surface area contributed by atoms with Crippen LogP contribution in [0.2, 0.25) is 0 Å². The zero-order chi connectivity index (χ0) is 31.0. The highest BCUT2D eigenvalue weighted by Gasteiger charge is 2.49. The predicted molar refractivity (Wildman–Crippen MR) is 159 cm³/mol. The van der Waals surface area contributed by atoms with Gasteiger partial charge in [0.1, 0.15) is 23.1 Å². The zero-order valence-electron chi connectivity index (χ0n) is 25.5. The van der Waals surface area contributed by atoms with Gasteiger partial charge in [-0.2, -0.15) is 0 Å². The van der Waals surface area contributed by atoms with Crippen molar-refractivity contribution in [3.8, 4) is 11.3 Å². The quantitative estimate of drug-likeness (QED) is 0.255. The first kappa shape index (κ1) is 31.1. The summed E-state index contributed by atoms with van der Waals surface area (Å²) in [6.45, 7) is 9.25. The van der Waals surface area contributed by atoms with Crippen LogP contribution in [0, 0.1) is 17.0 Å². The summed E-state index contributed by atoms with van der Waals surface area (Å²) < 4.78 is 33.0. The highest BCUT2D eigenvalue weighted by Crippen LogP contribution is 2.44. The third kappa shape index (κ3) is 7.10. The fourth-order valence-electron chi connectivity index (χ4n) is 6.77. The number of hydrogen-bond donors (Lipinski definition) is 1. The van der Waals surface area contributed by atoms with E-state index in [2.05, 4.69) is 41.9 Å². The molecule has 1 saturated heterocycles. The average Bonchev–Trinajstić information content (AvgIpc) is 3.41. The third-order valence-electron chi connectivity index (χ3n) is 9.33. The van der Waals surface area contributed by atoms with E-state index in [0.29, 0.717) is 25.6 Å². The van der Waals surface area contributed by atoms with Gasteiger partial charge in [-0.25, -0.2) is 8.78 Å². The molecule has 0 spiro atoms. The molecule has 9 heteroatoms. The Labute approximate surface area is 251 Å². The molecule has 230 valence electrons. The number of pyridine rings is 1. The van der Waals surface area contributed by atoms with Crippen molar-refractivity contribution in [2.24, 2.45) is 5.41 Å². The van der Waals surface area contributed by atoms with Crippen molar-refractivity contribution in [3.05, 3.63) is 71.2 Å². The van der Waals surface area contributed by atoms with Gasteiger partial charge < -0.3 is 9.63 Å². The first-order valence-corrected chi connectivity index (χ1v) is 15.2. The van der Waals surface area contributed by atoms with Gasteiger partial charge in [0.15, 0.2) is 11.5 Å². The normalized spacial score (nSPS) is 22.3. The molecule has 0 radical (unpaired) electrons. The Bertz CT molecular complexity index is 1480. The molecule has 1 N–H and O–H groups in total. The molecule has 7 nitrogen and oxygen atoms in total. The van der Waals surface area contributed by atoms with Crippen molar-refractivity contribution in [3.63, 3.8) is 0 Å². The summed E-state index contributed by atoms with van der Waals surface area (Å²) in [6, 6.07) is 8.82. The molecule has 2 aromatic heterocycles. The molecular formula is C34H41F2N3O4. The Morgan fingerprint density at radius 3 is 2.49 bits per heavy atom. The summed E-state index contributed by atoms with van der Waals surface area (Å²) in [5.41, 5.74) is 0.520. The van der Waals surface area contributed by atoms with E-state index < -0.39 is 28.1 Å². The molecule has 0 amide bonds. The number of aromatic nitrogens is 2. The van der Waals surface area contributed by atoms with Crippen molar-refractivity contribution >= 4 is 11.6 Å². The number of benzene rings is 1. The Morgan fingerprint density at radius 2 is 1.81 bits per heavy atom. The Kier molecular flexibility index (Phi) is 8.69. The molecule has 3 heterocycles. The number of halogens is 2. The van der Waals surface area contributed by atoms with Crippen molar-refractivity contribution in [2.75, 3.05) is 13.1 Å². The second-order valence-corrected chi connectivity index (χ2v) is 13.6. The lowest BCUT2D eigenvalue weighted by molar-refractivity contribution is -0.128. The van der Waals surface area contributed by atoms with Gasteiger partial charge in [-0.15, -0.1) is 0 Å². The van der Waals surface area contributed by atoms with Crippen LogP contribution in [0.15, 0.2) is 47.1 Å². The number of aliphatic hydroxyl groups is 1. The van der Waals surface area contributed by atoms with Crippen LogP contribution in [-0.4, -0.2) is 56.4 Å². The highest BCUT2D eigenvalue weighted by atomic mass is 19.1. The summed E-state index contributed by atoms with van der Waals surface area (Å²) in [4.78, 5) is 33.9. The van der Waals surface area contributed by atoms with Gasteiger partial charge in [0.25, 0.3) is 0 Å². The van der Waals surface area contributed by atoms with Crippen molar-refractivity contribution < 1.29 is 28.0 Å². The number of rotatable bonds is 11. The summed E-state index contributed by atoms with van der Waals surface area (Å²) >= 11 is 0. The van der Waals surface area contributed by atoms with Crippen LogP contribution < -0.4 is 0 Å². The molecule has 1 aromatic carbocycles. The maximum Gasteiger partial charge on any atom is 0.185 e. The molecule has 2 fully saturated rings. The molecule has 0 bridgehead atoms. The van der Waals surface area contributed by atoms with Gasteiger partial charge in [0.05, 0.1) is 11.2 Å². The van der Waals surface area contributed by atoms with E-state index in [4.69, 9.17) is 4.52 Å². The molecule has 5 rings (SSSR count). The van der Waals surface area contributed by atoms with Crippen LogP contribution in [0.25, 0.3) is 11.3 Å². The minimum atomic E-state index is -0.804. The fraction of sp³-hybridized carbons (Fsp3) is 0.529. The standard InChI is InChI=1S/C34H41F2N3O4/c1-5-24-14-22(10-13-37-24)32(2,3)17-26(40)18-34(20-39(21-34)25-8-11-33(4,42)12-9-25)19-30(41)29-16-31(43-38-29)27-7-6-23(35)15-28(27)36/h6-7,10,13-16,25,42H,5,8-9,11-12,17-21H2,1-4H3. The van der Waals surface area contributed by atoms with Crippen molar-refractivity contribution in [1.82, 2.24) is 15.0 Å². The molecule has 1 aliphatic heterocycles. The monoisotopic (exact) mass is 593 g/mol. The molecule has 0 atom stereocenters. The van der Waals surface area contributed by atoms with E-state index in [1.165, 1.54) is 12.1 Å². The first-order valence-electron chi connectivity index (χ1n) is 15.2. The SMILES string of the molecule is CCc1cc(C(C)(C)CC(=O)CC2(CC(=O)c3cc(-c4ccc(F)cc4F)on3)CN(C3CCC(C)(O)CC3)C2)ccn1. The lowest BCUT2D eigenvalue weighted by Crippen LogP contribution is -2.62. The van der Waals surface area contributed by atoms with E-state index in [9.17, 15) is 23.5 Å². The average molecular weight is 594 g/mol. The highest BCUT2D eigenvalue weighted by molar-refractivity contribution is 5.96. The largest absolute Gasteiger partial charge is 0.390 e. The van der Waals surface area contributed by atoms with Crippen molar-refractivity contribution in [1.29, 1.82) is 0 Å². The fourth-order valence-corrected chi connectivity index (χ4v) is 6.77. The van der Waals surface area contributed by atoms with Gasteiger partial charge in [-0.1, -0.05) is 25.9 Å². The number of aryl methyl sites for hydroxylation is 1. The van der Waals surface area contributed by atoms with Crippen LogP contribution in [0.1, 0.15) is 94.4 Å². The van der Waals surface area contributed by atoms with Gasteiger partial charge in [0.2, 0.25) is 0 Å². The summed E-state index contributed by atoms with van der Waals surface area (Å²) in [5.74, 6) is -1.66. The van der Waals surface area contributed by atoms with Crippen molar-refractivity contribution in [2.45, 2.75) is 96.1 Å². The van der Waals surface area contributed by atoms with E-state index >= 15 is 0 Å². The molecule has 3 aromatic rings. The van der Waals surface area contributed by atoms with E-state index in [1.54, 1.807) is 6.20 Å². The molecule has 2 aliphatic rings. The number of nitrogens with zero attached hydrogens (tertiary/aromatic N) is 3. The first-order chi connectivity index (χ1) is 20.3. The Balaban J connectivity index is 1.31. The second-order valence-electron chi connectivity index (χ2n) is 13.6. The Hall–Kier alpha value is -3.30. The lowest BCUT2D eigenvalue weighted by atomic mass is 9.68. The molecular weight excluding hydrogens is 552 g/mol. The van der Waals surface area contributed by atoms with Crippen LogP contribution >= 0.6 is 0 Å². The van der Waals surface area contributed by atoms with Crippen LogP contribution in [0.4, 0.5) is 8.78 Å². The minimum absolute atomic E-state index is 0.0189. The number of carbonyl (C=O) groups excluding carboxylic acids is 2.